The topological polar surface area (TPSA) is 110 Å². The lowest BCUT2D eigenvalue weighted by Crippen LogP contribution is -2.51. The lowest BCUT2D eigenvalue weighted by Gasteiger charge is -2.37. The second-order valence-corrected chi connectivity index (χ2v) is 18.5. The van der Waals surface area contributed by atoms with E-state index in [1.165, 1.54) is 5.19 Å². The molecule has 3 aliphatic rings. The van der Waals surface area contributed by atoms with Crippen LogP contribution in [0.1, 0.15) is 36.6 Å². The maximum Gasteiger partial charge on any atom is 0.264 e. The van der Waals surface area contributed by atoms with Gasteiger partial charge in [0.1, 0.15) is 5.75 Å². The Balaban J connectivity index is 1.32. The van der Waals surface area contributed by atoms with Gasteiger partial charge in [-0.1, -0.05) is 72.9 Å². The van der Waals surface area contributed by atoms with Crippen LogP contribution in [0.5, 0.6) is 5.75 Å². The number of benzene rings is 3. The first-order chi connectivity index (χ1) is 23.2. The van der Waals surface area contributed by atoms with Crippen molar-refractivity contribution < 1.29 is 24.2 Å². The minimum Gasteiger partial charge on any atom is -0.497 e. The molecule has 0 aliphatic carbocycles. The third-order valence-corrected chi connectivity index (χ3v) is 15.1. The number of hydrogen-bond acceptors (Lipinski definition) is 7. The maximum absolute atomic E-state index is 15.1. The number of aliphatic hydroxyl groups excluding tert-OH is 1. The van der Waals surface area contributed by atoms with Crippen molar-refractivity contribution in [2.45, 2.75) is 69.6 Å². The Kier molecular flexibility index (Phi) is 8.47. The molecule has 3 aromatic carbocycles. The lowest BCUT2D eigenvalue weighted by atomic mass is 9.82. The van der Waals surface area contributed by atoms with Crippen LogP contribution in [-0.4, -0.2) is 66.4 Å². The Morgan fingerprint density at radius 2 is 1.83 bits per heavy atom. The smallest absolute Gasteiger partial charge is 0.264 e. The van der Waals surface area contributed by atoms with E-state index in [0.717, 1.165) is 33.9 Å². The number of amides is 2. The summed E-state index contributed by atoms with van der Waals surface area (Å²) in [5, 5.41) is 19.2. The summed E-state index contributed by atoms with van der Waals surface area (Å²) >= 11 is 0. The number of rotatable bonds is 11. The van der Waals surface area contributed by atoms with Crippen LogP contribution in [0.25, 0.3) is 0 Å². The van der Waals surface area contributed by atoms with E-state index in [4.69, 9.17) is 9.47 Å². The van der Waals surface area contributed by atoms with E-state index in [2.05, 4.69) is 42.5 Å². The average molecular weight is 666 g/mol. The lowest BCUT2D eigenvalue weighted by molar-refractivity contribution is -0.146. The number of aryl methyl sites for hydroxylation is 1. The van der Waals surface area contributed by atoms with Crippen LogP contribution >= 0.6 is 0 Å². The molecule has 0 bridgehead atoms. The van der Waals surface area contributed by atoms with Gasteiger partial charge in [-0.3, -0.25) is 14.3 Å². The third-order valence-electron chi connectivity index (χ3n) is 10.8. The molecule has 10 nitrogen and oxygen atoms in total. The summed E-state index contributed by atoms with van der Waals surface area (Å²) in [7, 11) is -0.657. The summed E-state index contributed by atoms with van der Waals surface area (Å²) in [5.41, 5.74) is 3.10. The number of carbonyl (C=O) groups excluding carboxylic acids is 2. The zero-order valence-electron chi connectivity index (χ0n) is 28.0. The van der Waals surface area contributed by atoms with E-state index in [0.29, 0.717) is 38.9 Å². The molecule has 4 aromatic rings. The number of fused-ring (bicyclic) bond motifs is 2. The summed E-state index contributed by atoms with van der Waals surface area (Å²) in [6, 6.07) is 24.4. The molecule has 2 amide bonds. The fourth-order valence-corrected chi connectivity index (χ4v) is 12.2. The van der Waals surface area contributed by atoms with Crippen LogP contribution in [-0.2, 0) is 39.4 Å². The average Bonchev–Trinajstić information content (AvgIpc) is 3.73. The van der Waals surface area contributed by atoms with Crippen molar-refractivity contribution in [3.05, 3.63) is 95.8 Å². The van der Waals surface area contributed by atoms with Crippen molar-refractivity contribution in [3.8, 4) is 5.75 Å². The first-order valence-corrected chi connectivity index (χ1v) is 19.9. The molecule has 48 heavy (non-hydrogen) atoms. The Morgan fingerprint density at radius 1 is 1.06 bits per heavy atom. The zero-order chi connectivity index (χ0) is 33.6. The number of hydrogen-bond donors (Lipinski definition) is 1. The van der Waals surface area contributed by atoms with Gasteiger partial charge in [-0.2, -0.15) is 0 Å². The highest BCUT2D eigenvalue weighted by molar-refractivity contribution is 6.91. The minimum absolute atomic E-state index is 0.0141. The van der Waals surface area contributed by atoms with E-state index >= 15 is 4.79 Å². The molecule has 2 saturated heterocycles. The third kappa shape index (κ3) is 5.34. The van der Waals surface area contributed by atoms with Crippen LogP contribution in [0.3, 0.4) is 0 Å². The van der Waals surface area contributed by atoms with Gasteiger partial charge in [0.05, 0.1) is 39.2 Å². The predicted molar refractivity (Wildman–Crippen MR) is 186 cm³/mol. The molecule has 11 heteroatoms. The van der Waals surface area contributed by atoms with Gasteiger partial charge in [-0.05, 0) is 47.9 Å². The highest BCUT2D eigenvalue weighted by Crippen LogP contribution is 2.60. The van der Waals surface area contributed by atoms with Crippen molar-refractivity contribution >= 4 is 36.4 Å². The first-order valence-electron chi connectivity index (χ1n) is 16.8. The van der Waals surface area contributed by atoms with Crippen LogP contribution in [0.2, 0.25) is 18.6 Å². The molecule has 7 rings (SSSR count). The molecule has 1 spiro atoms. The molecule has 1 N–H and O–H groups in total. The van der Waals surface area contributed by atoms with Gasteiger partial charge in [0.2, 0.25) is 5.91 Å². The monoisotopic (exact) mass is 665 g/mol. The van der Waals surface area contributed by atoms with Crippen molar-refractivity contribution in [3.63, 3.8) is 0 Å². The van der Waals surface area contributed by atoms with Gasteiger partial charge in [-0.25, -0.2) is 0 Å². The molecule has 3 aliphatic heterocycles. The van der Waals surface area contributed by atoms with Gasteiger partial charge in [0.15, 0.2) is 5.60 Å². The Morgan fingerprint density at radius 3 is 2.50 bits per heavy atom. The Hall–Kier alpha value is -4.32. The van der Waals surface area contributed by atoms with Crippen LogP contribution in [0.15, 0.2) is 79.0 Å². The number of carbonyl (C=O) groups is 2. The van der Waals surface area contributed by atoms with E-state index in [1.807, 2.05) is 76.4 Å². The summed E-state index contributed by atoms with van der Waals surface area (Å²) in [6.45, 7) is 8.60. The largest absolute Gasteiger partial charge is 0.497 e. The number of β-lactam (4-membered cyclic amide) rings is 1. The van der Waals surface area contributed by atoms with Crippen LogP contribution < -0.4 is 19.7 Å². The highest BCUT2D eigenvalue weighted by Gasteiger charge is 2.66. The quantitative estimate of drug-likeness (QED) is 0.187. The molecule has 0 saturated carbocycles. The van der Waals surface area contributed by atoms with Gasteiger partial charge < -0.3 is 24.4 Å². The minimum atomic E-state index is -2.33. The van der Waals surface area contributed by atoms with Crippen LogP contribution in [0, 0.1) is 5.92 Å². The number of aromatic nitrogens is 3. The molecular formula is C37H43N5O5Si. The first kappa shape index (κ1) is 32.2. The van der Waals surface area contributed by atoms with E-state index in [1.54, 1.807) is 12.0 Å². The highest BCUT2D eigenvalue weighted by atomic mass is 28.3. The number of methoxy groups -OCH3 is 1. The predicted octanol–water partition coefficient (Wildman–Crippen LogP) is 4.41. The summed E-state index contributed by atoms with van der Waals surface area (Å²) < 4.78 is 14.6. The van der Waals surface area contributed by atoms with E-state index in [-0.39, 0.29) is 36.0 Å². The Labute approximate surface area is 282 Å². The fourth-order valence-electron chi connectivity index (χ4n) is 8.19. The van der Waals surface area contributed by atoms with Gasteiger partial charge in [0.25, 0.3) is 5.91 Å². The second kappa shape index (κ2) is 12.6. The van der Waals surface area contributed by atoms with Gasteiger partial charge in [0, 0.05) is 55.9 Å². The van der Waals surface area contributed by atoms with Gasteiger partial charge in [-0.15, -0.1) is 5.10 Å². The Bertz CT molecular complexity index is 1810. The summed E-state index contributed by atoms with van der Waals surface area (Å²) in [4.78, 5) is 31.3. The maximum atomic E-state index is 15.1. The van der Waals surface area contributed by atoms with E-state index in [9.17, 15) is 9.90 Å². The molecular weight excluding hydrogens is 623 g/mol. The van der Waals surface area contributed by atoms with Crippen molar-refractivity contribution in [2.24, 2.45) is 5.92 Å². The SMILES string of the molecule is COc1ccc([Si](C)(C)[C@H]2[C@H](CCn3cc(CCO)nn3)O[C@@]3(C(=O)N(Cc4ccccc4)c4ccc(N5CCC5=O)cc43)[C@@H]2C)cc1. The molecule has 4 atom stereocenters. The molecule has 0 unspecified atom stereocenters. The molecule has 2 fully saturated rings. The normalized spacial score (nSPS) is 23.6. The molecule has 0 radical (unpaired) electrons. The summed E-state index contributed by atoms with van der Waals surface area (Å²) in [5.74, 6) is 0.675. The molecule has 4 heterocycles. The number of anilines is 2. The number of nitrogens with zero attached hydrogens (tertiary/aromatic N) is 5. The fraction of sp³-hybridized carbons (Fsp3) is 0.405. The van der Waals surface area contributed by atoms with Crippen molar-refractivity contribution in [2.75, 3.05) is 30.1 Å². The zero-order valence-corrected chi connectivity index (χ0v) is 29.0. The van der Waals surface area contributed by atoms with E-state index < -0.39 is 13.7 Å². The molecule has 1 aromatic heterocycles. The number of aliphatic hydroxyl groups is 1. The standard InChI is InChI=1S/C37H43N5O5Si/c1-25-35(48(3,4)30-13-11-29(46-2)12-14-30)33(16-19-40-24-27(18-21-43)38-39-40)47-37(25)31-22-28(41-20-17-34(41)44)10-15-32(31)42(36(37)45)23-26-8-6-5-7-9-26/h5-15,22,24-25,33,35,43H,16-21,23H2,1-4H3/t25-,33+,35-,37+/m1/s1. The second-order valence-electron chi connectivity index (χ2n) is 13.8. The van der Waals surface area contributed by atoms with Crippen molar-refractivity contribution in [1.82, 2.24) is 15.0 Å². The van der Waals surface area contributed by atoms with Crippen molar-refractivity contribution in [1.29, 1.82) is 0 Å². The van der Waals surface area contributed by atoms with Gasteiger partial charge >= 0.3 is 0 Å². The summed E-state index contributed by atoms with van der Waals surface area (Å²) in [6.07, 6.45) is 3.24. The molecule has 250 valence electrons. The van der Waals surface area contributed by atoms with Crippen LogP contribution in [0.4, 0.5) is 11.4 Å². The number of ether oxygens (including phenoxy) is 2.